The molecule has 0 fully saturated rings. The highest BCUT2D eigenvalue weighted by molar-refractivity contribution is 5.93. The predicted molar refractivity (Wildman–Crippen MR) is 136 cm³/mol. The molecule has 1 heterocycles. The molecule has 0 spiro atoms. The predicted octanol–water partition coefficient (Wildman–Crippen LogP) is 5.75. The number of hydrogen-bond donors (Lipinski definition) is 0. The van der Waals surface area contributed by atoms with Gasteiger partial charge in [-0.3, -0.25) is 0 Å². The van der Waals surface area contributed by atoms with Crippen molar-refractivity contribution >= 4 is 11.9 Å². The Labute approximate surface area is 219 Å². The first-order valence-electron chi connectivity index (χ1n) is 11.5. The number of ether oxygens (including phenoxy) is 5. The van der Waals surface area contributed by atoms with E-state index in [4.69, 9.17) is 23.7 Å². The molecule has 0 unspecified atom stereocenters. The van der Waals surface area contributed by atoms with E-state index in [1.807, 2.05) is 32.9 Å². The number of para-hydroxylation sites is 2. The molecule has 0 aliphatic carbocycles. The standard InChI is InChI=1S/C28H25N3O7/c1-16-14-17(2)23(18(3)15-16)38-28-30-26(36-21-12-8-6-10-19(21)24(32)34-4)29-27(31-28)37-22-13-9-7-11-20(22)25(33)35-5/h6-15H,1-5H3. The zero-order chi connectivity index (χ0) is 27.2. The van der Waals surface area contributed by atoms with Gasteiger partial charge in [0.05, 0.1) is 14.2 Å². The van der Waals surface area contributed by atoms with E-state index in [1.165, 1.54) is 14.2 Å². The molecule has 0 saturated carbocycles. The highest BCUT2D eigenvalue weighted by Crippen LogP contribution is 2.32. The second-order valence-corrected chi connectivity index (χ2v) is 8.19. The third-order valence-corrected chi connectivity index (χ3v) is 5.36. The van der Waals surface area contributed by atoms with E-state index in [9.17, 15) is 9.59 Å². The summed E-state index contributed by atoms with van der Waals surface area (Å²) in [4.78, 5) is 37.2. The fourth-order valence-electron chi connectivity index (χ4n) is 3.74. The Balaban J connectivity index is 1.77. The van der Waals surface area contributed by atoms with Gasteiger partial charge in [0.15, 0.2) is 0 Å². The maximum absolute atomic E-state index is 12.2. The molecule has 1 aromatic heterocycles. The summed E-state index contributed by atoms with van der Waals surface area (Å²) in [6.45, 7) is 5.80. The number of aromatic nitrogens is 3. The summed E-state index contributed by atoms with van der Waals surface area (Å²) >= 11 is 0. The third kappa shape index (κ3) is 5.86. The summed E-state index contributed by atoms with van der Waals surface area (Å²) < 4.78 is 27.4. The molecule has 0 atom stereocenters. The van der Waals surface area contributed by atoms with Crippen molar-refractivity contribution in [3.05, 3.63) is 88.5 Å². The summed E-state index contributed by atoms with van der Waals surface area (Å²) in [6, 6.07) is 16.3. The van der Waals surface area contributed by atoms with Crippen LogP contribution in [0.2, 0.25) is 0 Å². The zero-order valence-corrected chi connectivity index (χ0v) is 21.5. The van der Waals surface area contributed by atoms with Crippen molar-refractivity contribution in [2.75, 3.05) is 14.2 Å². The minimum Gasteiger partial charge on any atom is -0.465 e. The number of carbonyl (C=O) groups excluding carboxylic acids is 2. The minimum absolute atomic E-state index is 0.119. The van der Waals surface area contributed by atoms with Gasteiger partial charge in [-0.15, -0.1) is 15.0 Å². The number of aryl methyl sites for hydroxylation is 3. The first-order valence-corrected chi connectivity index (χ1v) is 11.5. The van der Waals surface area contributed by atoms with E-state index >= 15 is 0 Å². The lowest BCUT2D eigenvalue weighted by Crippen LogP contribution is -2.07. The van der Waals surface area contributed by atoms with Crippen LogP contribution < -0.4 is 14.2 Å². The van der Waals surface area contributed by atoms with Crippen molar-refractivity contribution in [1.82, 2.24) is 15.0 Å². The quantitative estimate of drug-likeness (QED) is 0.268. The van der Waals surface area contributed by atoms with Crippen LogP contribution in [0.5, 0.6) is 35.3 Å². The molecule has 0 N–H and O–H groups in total. The van der Waals surface area contributed by atoms with Crippen LogP contribution in [-0.4, -0.2) is 41.1 Å². The largest absolute Gasteiger partial charge is 0.465 e. The Kier molecular flexibility index (Phi) is 7.81. The van der Waals surface area contributed by atoms with Crippen molar-refractivity contribution in [3.63, 3.8) is 0 Å². The average molecular weight is 516 g/mol. The Bertz CT molecular complexity index is 1400. The lowest BCUT2D eigenvalue weighted by atomic mass is 10.1. The van der Waals surface area contributed by atoms with Gasteiger partial charge in [-0.25, -0.2) is 9.59 Å². The summed E-state index contributed by atoms with van der Waals surface area (Å²) in [5, 5.41) is 0. The van der Waals surface area contributed by atoms with Crippen LogP contribution in [-0.2, 0) is 9.47 Å². The van der Waals surface area contributed by atoms with Gasteiger partial charge in [-0.1, -0.05) is 42.0 Å². The average Bonchev–Trinajstić information content (AvgIpc) is 2.90. The van der Waals surface area contributed by atoms with Crippen LogP contribution in [0.1, 0.15) is 37.4 Å². The third-order valence-electron chi connectivity index (χ3n) is 5.36. The fraction of sp³-hybridized carbons (Fsp3) is 0.179. The van der Waals surface area contributed by atoms with E-state index in [2.05, 4.69) is 15.0 Å². The molecule has 0 amide bonds. The van der Waals surface area contributed by atoms with E-state index in [-0.39, 0.29) is 40.7 Å². The molecule has 38 heavy (non-hydrogen) atoms. The molecule has 0 aliphatic rings. The second kappa shape index (κ2) is 11.4. The van der Waals surface area contributed by atoms with Gasteiger partial charge < -0.3 is 23.7 Å². The van der Waals surface area contributed by atoms with E-state index < -0.39 is 11.9 Å². The van der Waals surface area contributed by atoms with Crippen molar-refractivity contribution < 1.29 is 33.3 Å². The normalized spacial score (nSPS) is 10.4. The molecule has 194 valence electrons. The number of hydrogen-bond acceptors (Lipinski definition) is 10. The van der Waals surface area contributed by atoms with Crippen molar-refractivity contribution in [2.24, 2.45) is 0 Å². The monoisotopic (exact) mass is 515 g/mol. The van der Waals surface area contributed by atoms with Crippen molar-refractivity contribution in [1.29, 1.82) is 0 Å². The van der Waals surface area contributed by atoms with Crippen LogP contribution in [0.4, 0.5) is 0 Å². The Morgan fingerprint density at radius 1 is 0.605 bits per heavy atom. The molecule has 4 rings (SSSR count). The van der Waals surface area contributed by atoms with E-state index in [1.54, 1.807) is 48.5 Å². The molecule has 10 heteroatoms. The van der Waals surface area contributed by atoms with E-state index in [0.29, 0.717) is 5.75 Å². The molecule has 4 aromatic rings. The molecule has 0 bridgehead atoms. The van der Waals surface area contributed by atoms with Crippen LogP contribution in [0.15, 0.2) is 60.7 Å². The Hall–Kier alpha value is -4.99. The number of methoxy groups -OCH3 is 2. The summed E-state index contributed by atoms with van der Waals surface area (Å²) in [5.41, 5.74) is 3.16. The lowest BCUT2D eigenvalue weighted by molar-refractivity contribution is 0.0588. The smallest absolute Gasteiger partial charge is 0.341 e. The van der Waals surface area contributed by atoms with Gasteiger partial charge in [0, 0.05) is 0 Å². The summed E-state index contributed by atoms with van der Waals surface area (Å²) in [5.74, 6) is -0.329. The first kappa shape index (κ1) is 26.1. The molecule has 0 saturated heterocycles. The number of nitrogens with zero attached hydrogens (tertiary/aromatic N) is 3. The lowest BCUT2D eigenvalue weighted by Gasteiger charge is -2.14. The molecule has 10 nitrogen and oxygen atoms in total. The topological polar surface area (TPSA) is 119 Å². The molecule has 0 radical (unpaired) electrons. The number of carbonyl (C=O) groups is 2. The van der Waals surface area contributed by atoms with Crippen LogP contribution in [0, 0.1) is 20.8 Å². The highest BCUT2D eigenvalue weighted by Gasteiger charge is 2.20. The Morgan fingerprint density at radius 3 is 1.42 bits per heavy atom. The highest BCUT2D eigenvalue weighted by atomic mass is 16.5. The molecule has 3 aromatic carbocycles. The zero-order valence-electron chi connectivity index (χ0n) is 21.5. The van der Waals surface area contributed by atoms with Crippen molar-refractivity contribution in [2.45, 2.75) is 20.8 Å². The van der Waals surface area contributed by atoms with Crippen LogP contribution in [0.3, 0.4) is 0 Å². The van der Waals surface area contributed by atoms with Crippen molar-refractivity contribution in [3.8, 4) is 35.3 Å². The van der Waals surface area contributed by atoms with Crippen LogP contribution >= 0.6 is 0 Å². The first-order chi connectivity index (χ1) is 18.3. The van der Waals surface area contributed by atoms with Gasteiger partial charge in [0.1, 0.15) is 28.4 Å². The maximum Gasteiger partial charge on any atom is 0.341 e. The second-order valence-electron chi connectivity index (χ2n) is 8.19. The molecular weight excluding hydrogens is 490 g/mol. The van der Waals surface area contributed by atoms with Gasteiger partial charge in [0.2, 0.25) is 0 Å². The van der Waals surface area contributed by atoms with Gasteiger partial charge >= 0.3 is 30.0 Å². The van der Waals surface area contributed by atoms with Crippen LogP contribution in [0.25, 0.3) is 0 Å². The number of benzene rings is 3. The SMILES string of the molecule is COC(=O)c1ccccc1Oc1nc(Oc2ccccc2C(=O)OC)nc(Oc2c(C)cc(C)cc2C)n1. The van der Waals surface area contributed by atoms with Gasteiger partial charge in [0.25, 0.3) is 0 Å². The summed E-state index contributed by atoms with van der Waals surface area (Å²) in [7, 11) is 2.54. The summed E-state index contributed by atoms with van der Waals surface area (Å²) in [6.07, 6.45) is 0. The molecule has 0 aliphatic heterocycles. The number of esters is 2. The number of rotatable bonds is 8. The van der Waals surface area contributed by atoms with Gasteiger partial charge in [-0.2, -0.15) is 0 Å². The Morgan fingerprint density at radius 2 is 1.00 bits per heavy atom. The van der Waals surface area contributed by atoms with Gasteiger partial charge in [-0.05, 0) is 56.2 Å². The molecular formula is C28H25N3O7. The maximum atomic E-state index is 12.2. The fourth-order valence-corrected chi connectivity index (χ4v) is 3.74. The van der Waals surface area contributed by atoms with E-state index in [0.717, 1.165) is 16.7 Å². The minimum atomic E-state index is -0.597.